The Bertz CT molecular complexity index is 386. The van der Waals surface area contributed by atoms with Crippen LogP contribution in [0.15, 0.2) is 12.5 Å². The number of hydrogen-bond donors (Lipinski definition) is 1. The van der Waals surface area contributed by atoms with E-state index < -0.39 is 0 Å². The lowest BCUT2D eigenvalue weighted by Gasteiger charge is -2.24. The zero-order valence-electron chi connectivity index (χ0n) is 12.7. The highest BCUT2D eigenvalue weighted by Gasteiger charge is 2.33. The van der Waals surface area contributed by atoms with Crippen LogP contribution >= 0.6 is 0 Å². The van der Waals surface area contributed by atoms with Crippen molar-refractivity contribution in [2.24, 2.45) is 0 Å². The van der Waals surface area contributed by atoms with Gasteiger partial charge in [-0.15, -0.1) is 0 Å². The molecule has 0 aromatic carbocycles. The van der Waals surface area contributed by atoms with E-state index >= 15 is 0 Å². The van der Waals surface area contributed by atoms with Crippen LogP contribution in [0.25, 0.3) is 0 Å². The summed E-state index contributed by atoms with van der Waals surface area (Å²) in [7, 11) is 1.70. The van der Waals surface area contributed by atoms with Gasteiger partial charge in [-0.3, -0.25) is 0 Å². The van der Waals surface area contributed by atoms with E-state index in [1.807, 2.05) is 12.5 Å². The maximum Gasteiger partial charge on any atom is 0.0948 e. The van der Waals surface area contributed by atoms with Crippen LogP contribution in [-0.2, 0) is 21.4 Å². The lowest BCUT2D eigenvalue weighted by atomic mass is 9.86. The van der Waals surface area contributed by atoms with Crippen molar-refractivity contribution in [2.45, 2.75) is 38.1 Å². The van der Waals surface area contributed by atoms with Gasteiger partial charge in [0.25, 0.3) is 0 Å². The summed E-state index contributed by atoms with van der Waals surface area (Å²) < 4.78 is 12.7. The minimum absolute atomic E-state index is 0.242. The van der Waals surface area contributed by atoms with E-state index in [0.29, 0.717) is 13.2 Å². The van der Waals surface area contributed by atoms with Crippen LogP contribution in [0.4, 0.5) is 0 Å². The smallest absolute Gasteiger partial charge is 0.0948 e. The molecule has 0 saturated carbocycles. The maximum atomic E-state index is 5.48. The molecule has 2 rings (SSSR count). The van der Waals surface area contributed by atoms with E-state index in [9.17, 15) is 0 Å². The molecule has 5 heteroatoms. The summed E-state index contributed by atoms with van der Waals surface area (Å²) in [5.74, 6) is 0. The molecule has 0 radical (unpaired) electrons. The lowest BCUT2D eigenvalue weighted by Crippen LogP contribution is -2.28. The Morgan fingerprint density at radius 2 is 2.25 bits per heavy atom. The molecule has 1 saturated heterocycles. The van der Waals surface area contributed by atoms with Crippen molar-refractivity contribution in [3.05, 3.63) is 18.2 Å². The predicted octanol–water partition coefficient (Wildman–Crippen LogP) is 1.58. The number of nitrogens with zero attached hydrogens (tertiary/aromatic N) is 2. The van der Waals surface area contributed by atoms with Crippen molar-refractivity contribution < 1.29 is 9.47 Å². The van der Waals surface area contributed by atoms with E-state index in [4.69, 9.17) is 9.47 Å². The van der Waals surface area contributed by atoms with Crippen LogP contribution in [0.5, 0.6) is 0 Å². The average molecular weight is 281 g/mol. The first-order valence-corrected chi connectivity index (χ1v) is 7.54. The highest BCUT2D eigenvalue weighted by Crippen LogP contribution is 2.29. The van der Waals surface area contributed by atoms with Crippen LogP contribution in [0.3, 0.4) is 0 Å². The summed E-state index contributed by atoms with van der Waals surface area (Å²) in [5.41, 5.74) is 1.61. The summed E-state index contributed by atoms with van der Waals surface area (Å²) in [6.07, 6.45) is 7.39. The first kappa shape index (κ1) is 15.5. The second-order valence-corrected chi connectivity index (χ2v) is 5.77. The second kappa shape index (κ2) is 7.76. The lowest BCUT2D eigenvalue weighted by molar-refractivity contribution is 0.0684. The normalized spacial score (nSPS) is 22.5. The van der Waals surface area contributed by atoms with Crippen molar-refractivity contribution in [1.82, 2.24) is 14.9 Å². The third-order valence-electron chi connectivity index (χ3n) is 4.07. The van der Waals surface area contributed by atoms with Crippen LogP contribution in [0.1, 0.15) is 31.9 Å². The van der Waals surface area contributed by atoms with Crippen molar-refractivity contribution in [1.29, 1.82) is 0 Å². The topological polar surface area (TPSA) is 48.3 Å². The maximum absolute atomic E-state index is 5.48. The molecule has 1 aliphatic rings. The molecule has 1 aliphatic heterocycles. The van der Waals surface area contributed by atoms with Gasteiger partial charge in [-0.1, -0.05) is 6.92 Å². The molecule has 1 aromatic rings. The highest BCUT2D eigenvalue weighted by molar-refractivity contribution is 5.17. The summed E-state index contributed by atoms with van der Waals surface area (Å²) in [6, 6.07) is 0. The first-order valence-electron chi connectivity index (χ1n) is 7.54. The standard InChI is InChI=1S/C15H27N3O2/c1-15(5-6-16-12-15)14-11-17-13-18(14)7-3-4-8-20-10-9-19-2/h11,13,16H,3-10,12H2,1-2H3. The molecule has 1 unspecified atom stereocenters. The number of methoxy groups -OCH3 is 1. The van der Waals surface area contributed by atoms with E-state index in [1.54, 1.807) is 7.11 Å². The van der Waals surface area contributed by atoms with Crippen LogP contribution in [0.2, 0.25) is 0 Å². The Morgan fingerprint density at radius 3 is 3.00 bits per heavy atom. The van der Waals surface area contributed by atoms with Crippen LogP contribution < -0.4 is 5.32 Å². The van der Waals surface area contributed by atoms with Crippen molar-refractivity contribution in [2.75, 3.05) is 40.0 Å². The van der Waals surface area contributed by atoms with Gasteiger partial charge in [0.15, 0.2) is 0 Å². The average Bonchev–Trinajstić information content (AvgIpc) is 3.07. The SMILES string of the molecule is COCCOCCCCn1cncc1C1(C)CCNC1. The minimum Gasteiger partial charge on any atom is -0.382 e. The number of unbranched alkanes of at least 4 members (excludes halogenated alkanes) is 1. The molecule has 20 heavy (non-hydrogen) atoms. The monoisotopic (exact) mass is 281 g/mol. The molecule has 0 amide bonds. The number of imidazole rings is 1. The van der Waals surface area contributed by atoms with Gasteiger partial charge < -0.3 is 19.4 Å². The van der Waals surface area contributed by atoms with E-state index in [1.165, 1.54) is 12.1 Å². The first-order chi connectivity index (χ1) is 9.76. The van der Waals surface area contributed by atoms with Gasteiger partial charge in [0.1, 0.15) is 0 Å². The van der Waals surface area contributed by atoms with Crippen molar-refractivity contribution >= 4 is 0 Å². The molecule has 0 aliphatic carbocycles. The van der Waals surface area contributed by atoms with E-state index in [-0.39, 0.29) is 5.41 Å². The Morgan fingerprint density at radius 1 is 1.35 bits per heavy atom. The fourth-order valence-electron chi connectivity index (χ4n) is 2.77. The van der Waals surface area contributed by atoms with Gasteiger partial charge in [0.05, 0.1) is 19.5 Å². The van der Waals surface area contributed by atoms with Gasteiger partial charge in [-0.05, 0) is 25.8 Å². The third-order valence-corrected chi connectivity index (χ3v) is 4.07. The van der Waals surface area contributed by atoms with Crippen molar-refractivity contribution in [3.8, 4) is 0 Å². The number of aromatic nitrogens is 2. The molecular formula is C15H27N3O2. The number of ether oxygens (including phenoxy) is 2. The quantitative estimate of drug-likeness (QED) is 0.698. The number of nitrogens with one attached hydrogen (secondary N) is 1. The Labute approximate surface area is 121 Å². The predicted molar refractivity (Wildman–Crippen MR) is 79.0 cm³/mol. The van der Waals surface area contributed by atoms with Gasteiger partial charge in [-0.2, -0.15) is 0 Å². The van der Waals surface area contributed by atoms with Crippen LogP contribution in [-0.4, -0.2) is 49.6 Å². The second-order valence-electron chi connectivity index (χ2n) is 5.77. The molecular weight excluding hydrogens is 254 g/mol. The van der Waals surface area contributed by atoms with Gasteiger partial charge in [-0.25, -0.2) is 4.98 Å². The fourth-order valence-corrected chi connectivity index (χ4v) is 2.77. The molecule has 2 heterocycles. The van der Waals surface area contributed by atoms with Gasteiger partial charge in [0.2, 0.25) is 0 Å². The van der Waals surface area contributed by atoms with E-state index in [2.05, 4.69) is 21.8 Å². The fraction of sp³-hybridized carbons (Fsp3) is 0.800. The Balaban J connectivity index is 1.72. The number of hydrogen-bond acceptors (Lipinski definition) is 4. The summed E-state index contributed by atoms with van der Waals surface area (Å²) >= 11 is 0. The Hall–Kier alpha value is -0.910. The van der Waals surface area contributed by atoms with Crippen molar-refractivity contribution in [3.63, 3.8) is 0 Å². The molecule has 0 bridgehead atoms. The summed E-state index contributed by atoms with van der Waals surface area (Å²) in [5, 5.41) is 3.45. The zero-order valence-corrected chi connectivity index (χ0v) is 12.7. The zero-order chi connectivity index (χ0) is 14.3. The van der Waals surface area contributed by atoms with Crippen LogP contribution in [0, 0.1) is 0 Å². The highest BCUT2D eigenvalue weighted by atomic mass is 16.5. The molecule has 1 atom stereocenters. The largest absolute Gasteiger partial charge is 0.382 e. The minimum atomic E-state index is 0.242. The summed E-state index contributed by atoms with van der Waals surface area (Å²) in [6.45, 7) is 7.70. The molecule has 1 fully saturated rings. The molecule has 1 aromatic heterocycles. The molecule has 5 nitrogen and oxygen atoms in total. The molecule has 1 N–H and O–H groups in total. The van der Waals surface area contributed by atoms with E-state index in [0.717, 1.165) is 39.1 Å². The molecule has 0 spiro atoms. The number of aryl methyl sites for hydroxylation is 1. The molecule has 114 valence electrons. The van der Waals surface area contributed by atoms with Gasteiger partial charge in [0, 0.05) is 44.1 Å². The Kier molecular flexibility index (Phi) is 6.01. The third kappa shape index (κ3) is 4.04. The van der Waals surface area contributed by atoms with Gasteiger partial charge >= 0.3 is 0 Å². The summed E-state index contributed by atoms with van der Waals surface area (Å²) in [4.78, 5) is 4.34. The number of rotatable bonds is 9.